The maximum Gasteiger partial charge on any atom is 1.00 e. The molecule has 4 fully saturated rings. The van der Waals surface area contributed by atoms with Gasteiger partial charge < -0.3 is 65.5 Å². The Labute approximate surface area is 717 Å². The summed E-state index contributed by atoms with van der Waals surface area (Å²) in [6.45, 7) is 21.9. The summed E-state index contributed by atoms with van der Waals surface area (Å²) in [7, 11) is -11.7. The Morgan fingerprint density at radius 1 is 0.558 bits per heavy atom. The molecule has 3 amide bonds. The van der Waals surface area contributed by atoms with E-state index in [9.17, 15) is 55.1 Å². The number of piperazine rings is 2. The first-order chi connectivity index (χ1) is 51.0. The average molecular weight is 1870 g/mol. The minimum absolute atomic E-state index is 0. The molecule has 0 atom stereocenters. The largest absolute Gasteiger partial charge is 1.00 e. The van der Waals surface area contributed by atoms with Crippen LogP contribution in [0.5, 0.6) is 0 Å². The maximum atomic E-state index is 12.8. The topological polar surface area (TPSA) is 408 Å². The van der Waals surface area contributed by atoms with Crippen LogP contribution in [0.15, 0.2) is 105 Å². The van der Waals surface area contributed by atoms with Crippen LogP contribution in [-0.2, 0) is 113 Å². The number of aromatic nitrogens is 4. The van der Waals surface area contributed by atoms with Crippen molar-refractivity contribution in [1.29, 1.82) is 0 Å². The van der Waals surface area contributed by atoms with E-state index in [1.807, 2.05) is 46.5 Å². The van der Waals surface area contributed by atoms with Gasteiger partial charge in [0.2, 0.25) is 17.7 Å². The van der Waals surface area contributed by atoms with Crippen molar-refractivity contribution in [3.05, 3.63) is 167 Å². The normalized spacial score (nSPS) is 14.2. The first-order valence-corrected chi connectivity index (χ1v) is 37.8. The molecule has 4 aromatic carbocycles. The number of alkyl halides is 6. The fourth-order valence-corrected chi connectivity index (χ4v) is 11.7. The van der Waals surface area contributed by atoms with E-state index in [2.05, 4.69) is 57.7 Å². The summed E-state index contributed by atoms with van der Waals surface area (Å²) in [5, 5.41) is 19.7. The van der Waals surface area contributed by atoms with Crippen molar-refractivity contribution < 1.29 is 160 Å². The second-order valence-corrected chi connectivity index (χ2v) is 29.3. The summed E-state index contributed by atoms with van der Waals surface area (Å²) in [5.41, 5.74) is 2.70. The van der Waals surface area contributed by atoms with Gasteiger partial charge in [0.05, 0.1) is 72.7 Å². The van der Waals surface area contributed by atoms with Crippen LogP contribution in [-0.4, -0.2) is 242 Å². The number of carboxylic acid groups (broad SMARTS) is 1. The number of benzene rings is 4. The van der Waals surface area contributed by atoms with Crippen LogP contribution in [0.1, 0.15) is 30.5 Å². The number of hydrogen-bond donors (Lipinski definition) is 8. The Morgan fingerprint density at radius 2 is 0.903 bits per heavy atom. The zero-order valence-electron chi connectivity index (χ0n) is 59.5. The number of H-pyrrole nitrogens is 4. The Kier molecular flexibility index (Phi) is 45.2. The van der Waals surface area contributed by atoms with Crippen LogP contribution in [0.2, 0.25) is 40.2 Å². The van der Waals surface area contributed by atoms with Crippen molar-refractivity contribution in [3.63, 3.8) is 0 Å². The molecule has 618 valence electrons. The summed E-state index contributed by atoms with van der Waals surface area (Å²) in [6, 6.07) is 17.0. The van der Waals surface area contributed by atoms with E-state index >= 15 is 0 Å². The number of nitrogens with zero attached hydrogens (tertiary/aromatic N) is 7. The number of carbonyl (C=O) groups excluding carboxylic acids is 5. The second-order valence-electron chi connectivity index (χ2n) is 23.2. The van der Waals surface area contributed by atoms with Crippen molar-refractivity contribution in [2.24, 2.45) is 0 Å². The van der Waals surface area contributed by atoms with Crippen molar-refractivity contribution in [2.45, 2.75) is 56.2 Å². The molecule has 2 radical (unpaired) electrons. The van der Waals surface area contributed by atoms with Crippen molar-refractivity contribution in [1.82, 2.24) is 49.8 Å². The molecule has 0 bridgehead atoms. The molecule has 113 heavy (non-hydrogen) atoms. The fraction of sp³-hybridized carbons (Fsp3) is 0.348. The molecule has 0 saturated carbocycles. The summed E-state index contributed by atoms with van der Waals surface area (Å²) in [6.07, 6.45) is 11.1. The van der Waals surface area contributed by atoms with Gasteiger partial charge in [-0.25, -0.2) is 4.79 Å². The summed E-state index contributed by atoms with van der Waals surface area (Å²) >= 11 is 47.3. The number of nitrogens with one attached hydrogen (secondary N) is 5. The van der Waals surface area contributed by atoms with Gasteiger partial charge in [-0.1, -0.05) is 106 Å². The molecule has 12 rings (SSSR count). The molecule has 0 unspecified atom stereocenters. The monoisotopic (exact) mass is 1870 g/mol. The minimum Gasteiger partial charge on any atom is -0.870 e. The smallest absolute Gasteiger partial charge is 0.870 e. The Balaban J connectivity index is 0.000000669. The Bertz CT molecular complexity index is 4770. The zero-order chi connectivity index (χ0) is 81.5. The standard InChI is InChI=1S/C20H22Cl2N4O2.C12H11Cl2NO2.C10H7Cl2NO2.C10H17N3O.C8H5Cl2N.C4H6N2O2.2CHF3O3S.Cu.Li.H2O.V/c1-2-19(27)26-11-14(12-26)24-3-5-25(6-4-24)20(28)7-13-10-23-18-9-17(22)16(21)8-15(13)18;1-2-17-12(16)3-7-6-15-11-5-10(14)9(13)4-8(7)11;11-7-2-6-5(1-10(14)15)4-13-9(6)3-8(7)12;1-2-10(14)13-7-9(8-13)12-5-3-11-4-6-12;9-6-3-5-1-2-11-8(5)4-7(6)10;1-2-8-4(7)3-6-5;2*2-1(3,4)8(5,6)7;;;;/h2,8-10,14,23H,1,3-7,11-12H2;4-6,15H,2-3H2,1H3;2-4,13H,1H2,(H,14,15);2,9,11H,1,3-8H2;1-4,11H;3H,2H2,1H3;2*(H,5,6,7);;;1H2;/q;;;;;;;;;+1;;/p-1. The third-order valence-corrected chi connectivity index (χ3v) is 20.0. The third-order valence-electron chi connectivity index (χ3n) is 15.9. The quantitative estimate of drug-likeness (QED) is 0.00612. The van der Waals surface area contributed by atoms with E-state index in [4.69, 9.17) is 134 Å². The summed E-state index contributed by atoms with van der Waals surface area (Å²) in [4.78, 5) is 92.7. The van der Waals surface area contributed by atoms with E-state index in [1.54, 1.807) is 61.5 Å². The zero-order valence-corrected chi connectivity index (χ0v) is 69.5. The van der Waals surface area contributed by atoms with Crippen LogP contribution in [0.3, 0.4) is 0 Å². The van der Waals surface area contributed by atoms with Crippen LogP contribution < -0.4 is 24.2 Å². The van der Waals surface area contributed by atoms with Gasteiger partial charge in [0.1, 0.15) is 0 Å². The predicted molar refractivity (Wildman–Crippen MR) is 406 cm³/mol. The van der Waals surface area contributed by atoms with E-state index in [-0.39, 0.29) is 96.5 Å². The molecule has 8 aromatic rings. The molecule has 4 aromatic heterocycles. The van der Waals surface area contributed by atoms with Gasteiger partial charge in [-0.15, -0.1) is 0 Å². The number of amides is 3. The van der Waals surface area contributed by atoms with Crippen LogP contribution in [0.25, 0.3) is 49.1 Å². The number of likely N-dealkylation sites (tertiary alicyclic amines) is 2. The molecular formula is C66H71Cl8CuF6LiN12O16S2V. The van der Waals surface area contributed by atoms with Gasteiger partial charge in [-0.05, 0) is 97.3 Å². The van der Waals surface area contributed by atoms with Gasteiger partial charge in [-0.3, -0.25) is 42.9 Å². The van der Waals surface area contributed by atoms with Gasteiger partial charge in [0, 0.05) is 195 Å². The van der Waals surface area contributed by atoms with E-state index < -0.39 is 43.2 Å². The van der Waals surface area contributed by atoms with Crippen molar-refractivity contribution in [3.8, 4) is 0 Å². The van der Waals surface area contributed by atoms with E-state index in [1.165, 1.54) is 12.2 Å². The first-order valence-electron chi connectivity index (χ1n) is 31.9. The molecule has 4 aliphatic rings. The predicted octanol–water partition coefficient (Wildman–Crippen LogP) is 9.46. The molecule has 47 heteroatoms. The van der Waals surface area contributed by atoms with Gasteiger partial charge in [0.15, 0.2) is 0 Å². The van der Waals surface area contributed by atoms with Gasteiger partial charge in [0.25, 0.3) is 0 Å². The summed E-state index contributed by atoms with van der Waals surface area (Å²) in [5.74, 6) is -1.58. The van der Waals surface area contributed by atoms with E-state index in [0.29, 0.717) is 96.8 Å². The molecule has 9 N–H and O–H groups in total. The average Bonchev–Trinajstić information content (AvgIpc) is 1.44. The van der Waals surface area contributed by atoms with Crippen molar-refractivity contribution in [2.75, 3.05) is 91.8 Å². The number of hydrogen-bond acceptors (Lipinski definition) is 16. The number of ether oxygens (including phenoxy) is 2. The summed E-state index contributed by atoms with van der Waals surface area (Å²) < 4.78 is 124. The number of halogens is 14. The minimum atomic E-state index is -5.84. The SMILES string of the molecule is C=CC(=O)N1CC(N2CCN(C(=O)Cc3c[nH]c4cc(Cl)c(Cl)cc34)CC2)C1.C=CC(=O)N1CC(N2CCNCC2)C1.CCOC(=O)C=[N+]=[N-].CCOC(=O)Cc1c[nH]c2cc(Cl)c(Cl)cc12.Clc1cc2cc[nH]c2cc1Cl.O=C(O)Cc1c[nH]c2cc(Cl)c(Cl)cc12.O=S(=O)(O)C(F)(F)F.O=S(=O)(O)C(F)(F)F.[Cu].[Li+].[OH-].[V]. The molecule has 0 spiro atoms. The molecule has 8 heterocycles. The molecular weight excluding hydrogens is 1800 g/mol. The molecule has 0 aliphatic carbocycles. The van der Waals surface area contributed by atoms with E-state index in [0.717, 1.165) is 120 Å². The number of rotatable bonds is 13. The Hall–Kier alpha value is -6.02. The van der Waals surface area contributed by atoms with Crippen LogP contribution in [0, 0.1) is 0 Å². The molecule has 28 nitrogen and oxygen atoms in total. The maximum absolute atomic E-state index is 12.8. The van der Waals surface area contributed by atoms with Gasteiger partial charge >= 0.3 is 74.2 Å². The number of aromatic amines is 4. The Morgan fingerprint density at radius 3 is 1.26 bits per heavy atom. The molecule has 4 saturated heterocycles. The van der Waals surface area contributed by atoms with Crippen LogP contribution >= 0.6 is 92.8 Å². The number of carbonyl (C=O) groups is 6. The first kappa shape index (κ1) is 105. The van der Waals surface area contributed by atoms with Crippen LogP contribution in [0.4, 0.5) is 26.3 Å². The fourth-order valence-electron chi connectivity index (χ4n) is 10.4. The number of carboxylic acids is 1. The number of esters is 2. The number of fused-ring (bicyclic) bond motifs is 4. The van der Waals surface area contributed by atoms with Crippen molar-refractivity contribution >= 4 is 198 Å². The van der Waals surface area contributed by atoms with Gasteiger partial charge in [-0.2, -0.15) is 48.0 Å². The third kappa shape index (κ3) is 32.4. The molecule has 4 aliphatic heterocycles. The second kappa shape index (κ2) is 48.6. The number of aliphatic carboxylic acids is 1.